The first-order chi connectivity index (χ1) is 13.4. The van der Waals surface area contributed by atoms with Gasteiger partial charge in [0, 0.05) is 11.6 Å². The number of nitrogens with one attached hydrogen (secondary N) is 1. The van der Waals surface area contributed by atoms with Gasteiger partial charge in [-0.15, -0.1) is 3.89 Å². The average Bonchev–Trinajstić information content (AvgIpc) is 3.22. The molecule has 12 heteroatoms. The van der Waals surface area contributed by atoms with E-state index < -0.39 is 12.2 Å². The van der Waals surface area contributed by atoms with Gasteiger partial charge >= 0.3 is 0 Å². The predicted octanol–water partition coefficient (Wildman–Crippen LogP) is 4.50. The smallest absolute Gasteiger partial charge is 0.257 e. The normalized spacial score (nSPS) is 12.6. The van der Waals surface area contributed by atoms with Crippen molar-refractivity contribution in [1.82, 2.24) is 29.0 Å². The summed E-state index contributed by atoms with van der Waals surface area (Å²) >= 11 is 12.0. The van der Waals surface area contributed by atoms with Crippen molar-refractivity contribution in [3.05, 3.63) is 46.3 Å². The van der Waals surface area contributed by atoms with Gasteiger partial charge < -0.3 is 5.32 Å². The second-order valence-corrected chi connectivity index (χ2v) is 7.15. The fourth-order valence-electron chi connectivity index (χ4n) is 2.74. The topological polar surface area (TPSA) is 77.6 Å². The van der Waals surface area contributed by atoms with Crippen molar-refractivity contribution in [3.63, 3.8) is 0 Å². The summed E-state index contributed by atoms with van der Waals surface area (Å²) in [5.41, 5.74) is 0.817. The second-order valence-electron chi connectivity index (χ2n) is 5.81. The SMILES string of the molecule is C[C@@H](F)NC(=O)c1cn(SF)c2ncc(-n3ncc4cc(Cl)c(Cl)cc43)nc12. The zero-order valence-corrected chi connectivity index (χ0v) is 16.4. The second kappa shape index (κ2) is 7.19. The molecule has 3 heterocycles. The van der Waals surface area contributed by atoms with Gasteiger partial charge in [-0.1, -0.05) is 23.2 Å². The molecule has 0 fully saturated rings. The van der Waals surface area contributed by atoms with Crippen molar-refractivity contribution < 1.29 is 13.1 Å². The van der Waals surface area contributed by atoms with Crippen molar-refractivity contribution in [1.29, 1.82) is 0 Å². The maximum Gasteiger partial charge on any atom is 0.257 e. The van der Waals surface area contributed by atoms with E-state index in [2.05, 4.69) is 20.4 Å². The van der Waals surface area contributed by atoms with Gasteiger partial charge in [0.1, 0.15) is 5.52 Å². The maximum absolute atomic E-state index is 13.2. The number of fused-ring (bicyclic) bond motifs is 2. The lowest BCUT2D eigenvalue weighted by atomic mass is 10.2. The number of carbonyl (C=O) groups excluding carboxylic acids is 1. The van der Waals surface area contributed by atoms with Crippen LogP contribution in [0.25, 0.3) is 27.9 Å². The number of hydrogen-bond acceptors (Lipinski definition) is 5. The lowest BCUT2D eigenvalue weighted by molar-refractivity contribution is 0.0905. The number of rotatable bonds is 4. The van der Waals surface area contributed by atoms with E-state index in [1.165, 1.54) is 24.0 Å². The number of hydrogen-bond donors (Lipinski definition) is 1. The molecule has 1 amide bonds. The molecule has 1 atom stereocenters. The summed E-state index contributed by atoms with van der Waals surface area (Å²) in [7, 11) is 0. The monoisotopic (exact) mass is 442 g/mol. The van der Waals surface area contributed by atoms with Gasteiger partial charge in [-0.05, 0) is 19.1 Å². The van der Waals surface area contributed by atoms with Crippen molar-refractivity contribution >= 4 is 63.5 Å². The molecule has 0 spiro atoms. The molecule has 0 aliphatic heterocycles. The third-order valence-electron chi connectivity index (χ3n) is 3.93. The van der Waals surface area contributed by atoms with Crippen LogP contribution in [0.2, 0.25) is 10.0 Å². The van der Waals surface area contributed by atoms with Crippen LogP contribution in [0.15, 0.2) is 30.7 Å². The molecule has 7 nitrogen and oxygen atoms in total. The Balaban J connectivity index is 1.90. The molecule has 0 saturated carbocycles. The molecule has 28 heavy (non-hydrogen) atoms. The lowest BCUT2D eigenvalue weighted by Gasteiger charge is -2.06. The van der Waals surface area contributed by atoms with Gasteiger partial charge in [0.2, 0.25) is 0 Å². The van der Waals surface area contributed by atoms with E-state index in [0.29, 0.717) is 15.6 Å². The number of halogens is 4. The molecule has 0 aliphatic rings. The fourth-order valence-corrected chi connectivity index (χ4v) is 3.41. The van der Waals surface area contributed by atoms with E-state index in [1.54, 1.807) is 18.3 Å². The van der Waals surface area contributed by atoms with Crippen LogP contribution in [0.5, 0.6) is 0 Å². The molecule has 3 aromatic heterocycles. The predicted molar refractivity (Wildman–Crippen MR) is 104 cm³/mol. The molecule has 1 N–H and O–H groups in total. The van der Waals surface area contributed by atoms with Crippen LogP contribution < -0.4 is 5.32 Å². The minimum Gasteiger partial charge on any atom is -0.322 e. The zero-order chi connectivity index (χ0) is 20.0. The summed E-state index contributed by atoms with van der Waals surface area (Å²) in [4.78, 5) is 20.8. The molecule has 0 unspecified atom stereocenters. The van der Waals surface area contributed by atoms with Crippen LogP contribution in [0.4, 0.5) is 8.28 Å². The third-order valence-corrected chi connectivity index (χ3v) is 5.08. The first kappa shape index (κ1) is 18.9. The fraction of sp³-hybridized carbons (Fsp3) is 0.125. The Labute approximate surface area is 171 Å². The van der Waals surface area contributed by atoms with E-state index >= 15 is 0 Å². The number of benzene rings is 1. The Morgan fingerprint density at radius 2 is 2.04 bits per heavy atom. The number of aromatic nitrogens is 5. The Hall–Kier alpha value is -2.43. The van der Waals surface area contributed by atoms with Crippen LogP contribution in [0.1, 0.15) is 17.3 Å². The highest BCUT2D eigenvalue weighted by Crippen LogP contribution is 2.29. The number of nitrogens with zero attached hydrogens (tertiary/aromatic N) is 5. The third kappa shape index (κ3) is 3.17. The molecule has 0 saturated heterocycles. The van der Waals surface area contributed by atoms with Crippen LogP contribution in [-0.2, 0) is 0 Å². The van der Waals surface area contributed by atoms with E-state index in [4.69, 9.17) is 23.2 Å². The zero-order valence-electron chi connectivity index (χ0n) is 14.0. The Morgan fingerprint density at radius 1 is 1.29 bits per heavy atom. The molecule has 1 aromatic carbocycles. The highest BCUT2D eigenvalue weighted by molar-refractivity contribution is 7.92. The Morgan fingerprint density at radius 3 is 2.75 bits per heavy atom. The lowest BCUT2D eigenvalue weighted by Crippen LogP contribution is -2.29. The first-order valence-electron chi connectivity index (χ1n) is 7.84. The van der Waals surface area contributed by atoms with Gasteiger partial charge in [-0.3, -0.25) is 4.79 Å². The maximum atomic E-state index is 13.2. The summed E-state index contributed by atoms with van der Waals surface area (Å²) in [6.45, 7) is 1.17. The molecular formula is C16H10Cl2F2N6OS. The van der Waals surface area contributed by atoms with Gasteiger partial charge in [0.15, 0.2) is 30.1 Å². The average molecular weight is 443 g/mol. The van der Waals surface area contributed by atoms with E-state index in [9.17, 15) is 13.1 Å². The van der Waals surface area contributed by atoms with Gasteiger partial charge in [-0.2, -0.15) is 5.10 Å². The largest absolute Gasteiger partial charge is 0.322 e. The number of amides is 1. The van der Waals surface area contributed by atoms with E-state index in [0.717, 1.165) is 9.36 Å². The molecule has 4 aromatic rings. The summed E-state index contributed by atoms with van der Waals surface area (Å²) in [6.07, 6.45) is 2.57. The summed E-state index contributed by atoms with van der Waals surface area (Å²) in [6, 6.07) is 3.28. The number of alkyl halides is 1. The molecule has 0 aliphatic carbocycles. The van der Waals surface area contributed by atoms with E-state index in [-0.39, 0.29) is 34.9 Å². The van der Waals surface area contributed by atoms with Crippen LogP contribution in [-0.4, -0.2) is 35.9 Å². The van der Waals surface area contributed by atoms with Gasteiger partial charge in [0.05, 0.1) is 33.5 Å². The van der Waals surface area contributed by atoms with Crippen molar-refractivity contribution in [3.8, 4) is 5.82 Å². The minimum absolute atomic E-state index is 0.0171. The number of carbonyl (C=O) groups is 1. The van der Waals surface area contributed by atoms with Crippen LogP contribution >= 0.6 is 35.5 Å². The van der Waals surface area contributed by atoms with Gasteiger partial charge in [0.25, 0.3) is 5.91 Å². The molecule has 144 valence electrons. The van der Waals surface area contributed by atoms with Crippen LogP contribution in [0, 0.1) is 0 Å². The standard InChI is InChI=1S/C16H10Cl2F2N6OS/c1-7(19)23-16(27)9-6-25(28-20)15-14(9)24-13(5-21-15)26-12-3-11(18)10(17)2-8(12)4-22-26/h2-7H,1H3,(H,23,27)/t7-/m0/s1. The van der Waals surface area contributed by atoms with Crippen molar-refractivity contribution in [2.45, 2.75) is 13.2 Å². The van der Waals surface area contributed by atoms with Gasteiger partial charge in [-0.25, -0.2) is 23.0 Å². The Kier molecular flexibility index (Phi) is 4.86. The molecule has 4 rings (SSSR count). The first-order valence-corrected chi connectivity index (χ1v) is 9.27. The quantitative estimate of drug-likeness (QED) is 0.470. The minimum atomic E-state index is -1.58. The highest BCUT2D eigenvalue weighted by Gasteiger charge is 2.21. The molecule has 0 bridgehead atoms. The Bertz CT molecular complexity index is 1230. The summed E-state index contributed by atoms with van der Waals surface area (Å²) < 4.78 is 28.9. The van der Waals surface area contributed by atoms with Crippen molar-refractivity contribution in [2.24, 2.45) is 0 Å². The molecule has 0 radical (unpaired) electrons. The highest BCUT2D eigenvalue weighted by atomic mass is 35.5. The van der Waals surface area contributed by atoms with Crippen LogP contribution in [0.3, 0.4) is 0 Å². The van der Waals surface area contributed by atoms with E-state index in [1.807, 2.05) is 0 Å². The van der Waals surface area contributed by atoms with Crippen molar-refractivity contribution in [2.75, 3.05) is 0 Å². The summed E-state index contributed by atoms with van der Waals surface area (Å²) in [5.74, 6) is -0.468. The summed E-state index contributed by atoms with van der Waals surface area (Å²) in [5, 5.41) is 7.80. The molecular weight excluding hydrogens is 433 g/mol.